The van der Waals surface area contributed by atoms with Gasteiger partial charge in [0, 0.05) is 29.9 Å². The number of allylic oxidation sites excluding steroid dienone is 1. The fraction of sp³-hybridized carbons (Fsp3) is 0.222. The number of fused-ring (bicyclic) bond motifs is 7. The predicted octanol–water partition coefficient (Wildman–Crippen LogP) is 10.2. The molecule has 5 aromatic rings. The molecule has 0 aromatic heterocycles. The second-order valence-corrected chi connectivity index (χ2v) is 15.0. The third kappa shape index (κ3) is 6.36. The zero-order valence-electron chi connectivity index (χ0n) is 28.7. The molecule has 2 heterocycles. The lowest BCUT2D eigenvalue weighted by molar-refractivity contribution is 0.0135. The van der Waals surface area contributed by atoms with Gasteiger partial charge in [-0.15, -0.1) is 0 Å². The summed E-state index contributed by atoms with van der Waals surface area (Å²) < 4.78 is 28.0. The quantitative estimate of drug-likeness (QED) is 0.152. The average Bonchev–Trinajstić information content (AvgIpc) is 3.61. The maximum absolute atomic E-state index is 7.47. The second kappa shape index (κ2) is 13.7. The van der Waals surface area contributed by atoms with Crippen LogP contribution in [-0.2, 0) is 33.0 Å². The van der Waals surface area contributed by atoms with Gasteiger partial charge >= 0.3 is 8.60 Å². The molecule has 5 nitrogen and oxygen atoms in total. The highest BCUT2D eigenvalue weighted by molar-refractivity contribution is 7.42. The van der Waals surface area contributed by atoms with E-state index in [1.54, 1.807) is 0 Å². The lowest BCUT2D eigenvalue weighted by Crippen LogP contribution is -2.48. The second-order valence-electron chi connectivity index (χ2n) is 13.9. The van der Waals surface area contributed by atoms with Gasteiger partial charge in [-0.3, -0.25) is 9.05 Å². The number of hydrogen-bond acceptors (Lipinski definition) is 5. The molecule has 0 bridgehead atoms. The number of aliphatic imine (C=N–C) groups is 1. The maximum Gasteiger partial charge on any atom is 0.398 e. The van der Waals surface area contributed by atoms with Crippen molar-refractivity contribution in [1.29, 1.82) is 0 Å². The molecule has 0 N–H and O–H groups in total. The van der Waals surface area contributed by atoms with Crippen molar-refractivity contribution in [2.24, 2.45) is 4.99 Å². The van der Waals surface area contributed by atoms with Crippen LogP contribution in [0, 0.1) is 6.92 Å². The Hall–Kier alpha value is -4.80. The van der Waals surface area contributed by atoms with Crippen molar-refractivity contribution in [2.45, 2.75) is 56.3 Å². The fourth-order valence-corrected chi connectivity index (χ4v) is 9.34. The lowest BCUT2D eigenvalue weighted by Gasteiger charge is -2.39. The summed E-state index contributed by atoms with van der Waals surface area (Å²) in [7, 11) is -1.90. The minimum absolute atomic E-state index is 0.0337. The minimum atomic E-state index is -1.90. The Kier molecular flexibility index (Phi) is 8.65. The highest BCUT2D eigenvalue weighted by atomic mass is 31.2. The van der Waals surface area contributed by atoms with Gasteiger partial charge in [-0.2, -0.15) is 0 Å². The van der Waals surface area contributed by atoms with Crippen molar-refractivity contribution in [3.05, 3.63) is 184 Å². The van der Waals surface area contributed by atoms with E-state index in [1.165, 1.54) is 33.4 Å². The molecule has 51 heavy (non-hydrogen) atoms. The summed E-state index contributed by atoms with van der Waals surface area (Å²) in [5.41, 5.74) is 9.84. The van der Waals surface area contributed by atoms with E-state index in [-0.39, 0.29) is 18.1 Å². The zero-order valence-corrected chi connectivity index (χ0v) is 29.5. The van der Waals surface area contributed by atoms with E-state index < -0.39 is 14.2 Å². The molecule has 6 heteroatoms. The van der Waals surface area contributed by atoms with Gasteiger partial charge in [0.2, 0.25) is 5.90 Å². The molecule has 2 aliphatic heterocycles. The average molecular weight is 690 g/mol. The summed E-state index contributed by atoms with van der Waals surface area (Å²) in [5, 5.41) is 0. The third-order valence-electron chi connectivity index (χ3n) is 10.5. The number of rotatable bonds is 8. The zero-order chi connectivity index (χ0) is 34.2. The largest absolute Gasteiger partial charge is 0.475 e. The van der Waals surface area contributed by atoms with E-state index in [2.05, 4.69) is 153 Å². The topological polar surface area (TPSA) is 49.3 Å². The van der Waals surface area contributed by atoms with Crippen molar-refractivity contribution in [1.82, 2.24) is 0 Å². The molecule has 254 valence electrons. The third-order valence-corrected chi connectivity index (χ3v) is 11.8. The van der Waals surface area contributed by atoms with Crippen LogP contribution in [0.1, 0.15) is 62.4 Å². The molecule has 0 saturated heterocycles. The summed E-state index contributed by atoms with van der Waals surface area (Å²) in [6.07, 6.45) is 11.9. The highest BCUT2D eigenvalue weighted by Gasteiger charge is 2.49. The van der Waals surface area contributed by atoms with Gasteiger partial charge in [-0.25, -0.2) is 4.99 Å². The first kappa shape index (κ1) is 32.1. The SMILES string of the molecule is Cc1ccc(C2=N[C@H](C(Cc3ccccc3)(Cc3ccccc3)OP3Oc4ccc5c(c4C4c6ccccc6C=CC4O3)C=CCC5)CO2)cc1. The van der Waals surface area contributed by atoms with E-state index in [1.807, 2.05) is 0 Å². The van der Waals surface area contributed by atoms with Crippen LogP contribution in [0.4, 0.5) is 0 Å². The van der Waals surface area contributed by atoms with E-state index in [0.29, 0.717) is 25.3 Å². The molecule has 5 aromatic carbocycles. The Labute approximate surface area is 301 Å². The molecule has 4 atom stereocenters. The Morgan fingerprint density at radius 2 is 1.53 bits per heavy atom. The molecular formula is C45H40NO4P. The molecule has 4 aliphatic rings. The Morgan fingerprint density at radius 1 is 0.804 bits per heavy atom. The van der Waals surface area contributed by atoms with Gasteiger partial charge in [-0.1, -0.05) is 133 Å². The normalized spacial score (nSPS) is 21.6. The van der Waals surface area contributed by atoms with Crippen LogP contribution >= 0.6 is 8.60 Å². The van der Waals surface area contributed by atoms with E-state index in [4.69, 9.17) is 23.3 Å². The Morgan fingerprint density at radius 3 is 2.29 bits per heavy atom. The standard InChI is InChI=1S/C45H40NO4P/c1-31-20-22-36(23-21-31)44-46-41(30-47-44)45(28-32-12-4-2-5-13-32,29-33-14-6-3-7-15-33)50-51-48-39-26-24-34-16-8-10-18-37(34)42(39)43-38-19-11-9-17-35(38)25-27-40(43)49-51/h2-8,10-16,18-27,39,41-42H,9,17,28-30H2,1H3/t39?,41-,42?,51?/m0/s1. The van der Waals surface area contributed by atoms with Crippen LogP contribution in [0.5, 0.6) is 5.75 Å². The molecule has 0 amide bonds. The van der Waals surface area contributed by atoms with E-state index in [9.17, 15) is 0 Å². The van der Waals surface area contributed by atoms with Crippen LogP contribution in [0.3, 0.4) is 0 Å². The number of benzene rings is 5. The maximum atomic E-state index is 7.47. The van der Waals surface area contributed by atoms with Crippen LogP contribution < -0.4 is 4.52 Å². The van der Waals surface area contributed by atoms with Crippen molar-refractivity contribution in [2.75, 3.05) is 6.61 Å². The Bertz CT molecular complexity index is 2080. The van der Waals surface area contributed by atoms with Gasteiger partial charge in [0.05, 0.1) is 6.10 Å². The lowest BCUT2D eigenvalue weighted by atomic mass is 9.76. The van der Waals surface area contributed by atoms with Gasteiger partial charge in [0.25, 0.3) is 0 Å². The van der Waals surface area contributed by atoms with Gasteiger partial charge < -0.3 is 9.26 Å². The molecule has 0 fully saturated rings. The highest BCUT2D eigenvalue weighted by Crippen LogP contribution is 2.57. The van der Waals surface area contributed by atoms with Crippen molar-refractivity contribution >= 4 is 26.7 Å². The minimum Gasteiger partial charge on any atom is -0.475 e. The summed E-state index contributed by atoms with van der Waals surface area (Å²) in [6, 6.07) is 42.1. The smallest absolute Gasteiger partial charge is 0.398 e. The van der Waals surface area contributed by atoms with Crippen molar-refractivity contribution in [3.8, 4) is 5.75 Å². The number of nitrogens with zero attached hydrogens (tertiary/aromatic N) is 1. The van der Waals surface area contributed by atoms with Crippen LogP contribution in [-0.4, -0.2) is 30.3 Å². The summed E-state index contributed by atoms with van der Waals surface area (Å²) in [5.74, 6) is 1.43. The fourth-order valence-electron chi connectivity index (χ4n) is 7.96. The van der Waals surface area contributed by atoms with E-state index >= 15 is 0 Å². The molecule has 0 spiro atoms. The van der Waals surface area contributed by atoms with Crippen molar-refractivity contribution in [3.63, 3.8) is 0 Å². The molecular weight excluding hydrogens is 649 g/mol. The first-order valence-corrected chi connectivity index (χ1v) is 19.0. The first-order chi connectivity index (χ1) is 25.1. The molecule has 3 unspecified atom stereocenters. The Balaban J connectivity index is 1.17. The van der Waals surface area contributed by atoms with Crippen molar-refractivity contribution < 1.29 is 18.3 Å². The number of aryl methyl sites for hydroxylation is 2. The number of hydrogen-bond donors (Lipinski definition) is 0. The molecule has 9 rings (SSSR count). The van der Waals surface area contributed by atoms with Crippen LogP contribution in [0.2, 0.25) is 0 Å². The van der Waals surface area contributed by atoms with Gasteiger partial charge in [0.15, 0.2) is 0 Å². The summed E-state index contributed by atoms with van der Waals surface area (Å²) in [4.78, 5) is 5.30. The molecule has 0 saturated carbocycles. The van der Waals surface area contributed by atoms with E-state index in [0.717, 1.165) is 35.3 Å². The first-order valence-electron chi connectivity index (χ1n) is 17.9. The monoisotopic (exact) mass is 689 g/mol. The summed E-state index contributed by atoms with van der Waals surface area (Å²) in [6.45, 7) is 2.48. The van der Waals surface area contributed by atoms with Gasteiger partial charge in [0.1, 0.15) is 24.0 Å². The van der Waals surface area contributed by atoms with Gasteiger partial charge in [-0.05, 0) is 71.3 Å². The summed E-state index contributed by atoms with van der Waals surface area (Å²) >= 11 is 0. The molecule has 0 radical (unpaired) electrons. The molecule has 2 aliphatic carbocycles. The number of ether oxygens (including phenoxy) is 1. The van der Waals surface area contributed by atoms with Crippen LogP contribution in [0.25, 0.3) is 12.2 Å². The predicted molar refractivity (Wildman–Crippen MR) is 205 cm³/mol. The van der Waals surface area contributed by atoms with Crippen LogP contribution in [0.15, 0.2) is 138 Å².